The molecule has 0 atom stereocenters. The quantitative estimate of drug-likeness (QED) is 0.878. The molecule has 0 aliphatic heterocycles. The van der Waals surface area contributed by atoms with Gasteiger partial charge in [-0.15, -0.1) is 0 Å². The molecule has 0 saturated heterocycles. The van der Waals surface area contributed by atoms with Crippen molar-refractivity contribution in [2.45, 2.75) is 11.6 Å². The van der Waals surface area contributed by atoms with Crippen LogP contribution < -0.4 is 4.72 Å². The number of halogens is 2. The Morgan fingerprint density at radius 2 is 2.06 bits per heavy atom. The minimum Gasteiger partial charge on any atom is -0.266 e. The summed E-state index contributed by atoms with van der Waals surface area (Å²) in [6.45, 7) is -0.270. The van der Waals surface area contributed by atoms with E-state index in [2.05, 4.69) is 14.9 Å². The monoisotopic (exact) mass is 273 g/mol. The Morgan fingerprint density at radius 3 is 2.67 bits per heavy atom. The molecule has 18 heavy (non-hydrogen) atoms. The van der Waals surface area contributed by atoms with Crippen molar-refractivity contribution in [1.82, 2.24) is 14.9 Å². The van der Waals surface area contributed by atoms with Gasteiger partial charge in [0.05, 0.1) is 6.20 Å². The van der Waals surface area contributed by atoms with Crippen LogP contribution in [0.2, 0.25) is 0 Å². The van der Waals surface area contributed by atoms with E-state index in [0.29, 0.717) is 6.07 Å². The molecule has 96 valence electrons. The Morgan fingerprint density at radius 1 is 1.28 bits per heavy atom. The Bertz CT molecular complexity index is 641. The van der Waals surface area contributed by atoms with Crippen LogP contribution in [-0.4, -0.2) is 18.6 Å². The summed E-state index contributed by atoms with van der Waals surface area (Å²) in [4.78, 5) is 0. The molecule has 0 saturated carbocycles. The molecule has 0 amide bonds. The lowest BCUT2D eigenvalue weighted by molar-refractivity contribution is 0.561. The van der Waals surface area contributed by atoms with Crippen molar-refractivity contribution in [3.63, 3.8) is 0 Å². The van der Waals surface area contributed by atoms with Gasteiger partial charge in [0.2, 0.25) is 0 Å². The number of nitrogens with one attached hydrogen (secondary N) is 2. The number of aromatic nitrogens is 2. The lowest BCUT2D eigenvalue weighted by Crippen LogP contribution is -2.24. The van der Waals surface area contributed by atoms with Gasteiger partial charge in [-0.05, 0) is 12.1 Å². The van der Waals surface area contributed by atoms with E-state index in [-0.39, 0.29) is 17.1 Å². The van der Waals surface area contributed by atoms with Crippen LogP contribution in [0.15, 0.2) is 35.5 Å². The topological polar surface area (TPSA) is 74.8 Å². The summed E-state index contributed by atoms with van der Waals surface area (Å²) in [5, 5.41) is 5.67. The first-order valence-electron chi connectivity index (χ1n) is 4.92. The smallest absolute Gasteiger partial charge is 0.257 e. The fraction of sp³-hybridized carbons (Fsp3) is 0.100. The summed E-state index contributed by atoms with van der Waals surface area (Å²) >= 11 is 0. The summed E-state index contributed by atoms with van der Waals surface area (Å²) in [6, 6.07) is 4.20. The number of hydrogen-bond donors (Lipinski definition) is 2. The first-order valence-corrected chi connectivity index (χ1v) is 6.40. The summed E-state index contributed by atoms with van der Waals surface area (Å²) in [7, 11) is -3.77. The molecule has 8 heteroatoms. The predicted molar refractivity (Wildman–Crippen MR) is 59.0 cm³/mol. The molecule has 0 radical (unpaired) electrons. The molecule has 0 fully saturated rings. The fourth-order valence-electron chi connectivity index (χ4n) is 1.31. The van der Waals surface area contributed by atoms with Gasteiger partial charge in [0.1, 0.15) is 11.6 Å². The highest BCUT2D eigenvalue weighted by Gasteiger charge is 2.15. The molecule has 5 nitrogen and oxygen atoms in total. The molecule has 0 aliphatic rings. The third-order valence-corrected chi connectivity index (χ3v) is 3.56. The van der Waals surface area contributed by atoms with E-state index in [4.69, 9.17) is 0 Å². The van der Waals surface area contributed by atoms with Crippen LogP contribution in [0.5, 0.6) is 0 Å². The second-order valence-corrected chi connectivity index (χ2v) is 5.22. The van der Waals surface area contributed by atoms with Gasteiger partial charge in [-0.2, -0.15) is 5.10 Å². The maximum absolute atomic E-state index is 13.3. The standard InChI is InChI=1S/C10H9F2N3O2S/c11-8-2-1-7(9(12)5-8)6-14-18(16,17)10-3-4-13-15-10/h1-5,14H,6H2,(H,13,15). The summed E-state index contributed by atoms with van der Waals surface area (Å²) in [5.74, 6) is -1.52. The van der Waals surface area contributed by atoms with Crippen molar-refractivity contribution in [1.29, 1.82) is 0 Å². The van der Waals surface area contributed by atoms with E-state index in [9.17, 15) is 17.2 Å². The highest BCUT2D eigenvalue weighted by molar-refractivity contribution is 7.89. The van der Waals surface area contributed by atoms with Gasteiger partial charge in [-0.3, -0.25) is 5.10 Å². The molecule has 2 N–H and O–H groups in total. The second kappa shape index (κ2) is 4.83. The Balaban J connectivity index is 2.13. The third kappa shape index (κ3) is 2.71. The predicted octanol–water partition coefficient (Wildman–Crippen LogP) is 1.17. The van der Waals surface area contributed by atoms with Crippen LogP contribution in [0.3, 0.4) is 0 Å². The van der Waals surface area contributed by atoms with Gasteiger partial charge in [0, 0.05) is 18.2 Å². The van der Waals surface area contributed by atoms with Gasteiger partial charge >= 0.3 is 0 Å². The molecule has 0 bridgehead atoms. The van der Waals surface area contributed by atoms with Crippen molar-refractivity contribution in [3.8, 4) is 0 Å². The van der Waals surface area contributed by atoms with Gasteiger partial charge in [-0.1, -0.05) is 6.07 Å². The van der Waals surface area contributed by atoms with E-state index < -0.39 is 21.7 Å². The minimum atomic E-state index is -3.77. The van der Waals surface area contributed by atoms with Gasteiger partial charge in [-0.25, -0.2) is 21.9 Å². The number of H-pyrrole nitrogens is 1. The molecule has 2 aromatic rings. The number of sulfonamides is 1. The molecular weight excluding hydrogens is 264 g/mol. The highest BCUT2D eigenvalue weighted by atomic mass is 32.2. The first-order chi connectivity index (χ1) is 8.49. The minimum absolute atomic E-state index is 0.0551. The Labute approximate surface area is 102 Å². The van der Waals surface area contributed by atoms with Crippen molar-refractivity contribution in [2.75, 3.05) is 0 Å². The van der Waals surface area contributed by atoms with Crippen LogP contribution in [0.25, 0.3) is 0 Å². The number of benzene rings is 1. The molecule has 1 heterocycles. The zero-order chi connectivity index (χ0) is 13.2. The molecule has 1 aromatic heterocycles. The SMILES string of the molecule is O=S(=O)(NCc1ccc(F)cc1F)c1ccn[nH]1. The van der Waals surface area contributed by atoms with Crippen molar-refractivity contribution in [3.05, 3.63) is 47.7 Å². The summed E-state index contributed by atoms with van der Waals surface area (Å²) < 4.78 is 51.4. The van der Waals surface area contributed by atoms with Crippen LogP contribution >= 0.6 is 0 Å². The normalized spacial score (nSPS) is 11.7. The molecule has 1 aromatic carbocycles. The van der Waals surface area contributed by atoms with Gasteiger partial charge < -0.3 is 0 Å². The number of rotatable bonds is 4. The summed E-state index contributed by atoms with van der Waals surface area (Å²) in [5.41, 5.74) is 0.0551. The van der Waals surface area contributed by atoms with E-state index in [1.165, 1.54) is 18.3 Å². The fourth-order valence-corrected chi connectivity index (χ4v) is 2.22. The number of nitrogens with zero attached hydrogens (tertiary/aromatic N) is 1. The average molecular weight is 273 g/mol. The maximum atomic E-state index is 13.3. The lowest BCUT2D eigenvalue weighted by atomic mass is 10.2. The van der Waals surface area contributed by atoms with E-state index >= 15 is 0 Å². The lowest BCUT2D eigenvalue weighted by Gasteiger charge is -2.05. The van der Waals surface area contributed by atoms with Gasteiger partial charge in [0.15, 0.2) is 5.03 Å². The van der Waals surface area contributed by atoms with Crippen LogP contribution in [0.4, 0.5) is 8.78 Å². The van der Waals surface area contributed by atoms with Crippen molar-refractivity contribution in [2.24, 2.45) is 0 Å². The summed E-state index contributed by atoms with van der Waals surface area (Å²) in [6.07, 6.45) is 1.28. The Hall–Kier alpha value is -1.80. The molecule has 0 spiro atoms. The zero-order valence-electron chi connectivity index (χ0n) is 9.02. The second-order valence-electron chi connectivity index (χ2n) is 3.48. The number of aromatic amines is 1. The molecule has 0 aliphatic carbocycles. The molecular formula is C10H9F2N3O2S. The van der Waals surface area contributed by atoms with E-state index in [0.717, 1.165) is 6.07 Å². The van der Waals surface area contributed by atoms with Crippen molar-refractivity contribution >= 4 is 10.0 Å². The van der Waals surface area contributed by atoms with E-state index in [1.54, 1.807) is 0 Å². The maximum Gasteiger partial charge on any atom is 0.257 e. The highest BCUT2D eigenvalue weighted by Crippen LogP contribution is 2.10. The van der Waals surface area contributed by atoms with Crippen LogP contribution in [0, 0.1) is 11.6 Å². The number of hydrogen-bond acceptors (Lipinski definition) is 3. The first kappa shape index (κ1) is 12.7. The van der Waals surface area contributed by atoms with Crippen molar-refractivity contribution < 1.29 is 17.2 Å². The van der Waals surface area contributed by atoms with Gasteiger partial charge in [0.25, 0.3) is 10.0 Å². The van der Waals surface area contributed by atoms with Crippen LogP contribution in [0.1, 0.15) is 5.56 Å². The van der Waals surface area contributed by atoms with E-state index in [1.807, 2.05) is 0 Å². The van der Waals surface area contributed by atoms with Crippen LogP contribution in [-0.2, 0) is 16.6 Å². The third-order valence-electron chi connectivity index (χ3n) is 2.23. The Kier molecular flexibility index (Phi) is 3.39. The molecule has 0 unspecified atom stereocenters. The zero-order valence-corrected chi connectivity index (χ0v) is 9.84. The largest absolute Gasteiger partial charge is 0.266 e. The molecule has 2 rings (SSSR count). The average Bonchev–Trinajstić information content (AvgIpc) is 2.82.